The topological polar surface area (TPSA) is 98.9 Å². The summed E-state index contributed by atoms with van der Waals surface area (Å²) in [5.41, 5.74) is -0.0482. The van der Waals surface area contributed by atoms with E-state index in [2.05, 4.69) is 0 Å². The predicted octanol–water partition coefficient (Wildman–Crippen LogP) is 4.75. The van der Waals surface area contributed by atoms with Gasteiger partial charge in [-0.2, -0.15) is 0 Å². The smallest absolute Gasteiger partial charge is 0.431 e. The van der Waals surface area contributed by atoms with Crippen LogP contribution in [-0.4, -0.2) is 28.4 Å². The predicted molar refractivity (Wildman–Crippen MR) is 96.2 cm³/mol. The van der Waals surface area contributed by atoms with Gasteiger partial charge in [0.15, 0.2) is 0 Å². The number of rotatable bonds is 3. The Hall–Kier alpha value is -2.15. The Labute approximate surface area is 153 Å². The molecule has 0 unspecified atom stereocenters. The van der Waals surface area contributed by atoms with Crippen LogP contribution in [0.25, 0.3) is 0 Å². The molecule has 1 aromatic carbocycles. The summed E-state index contributed by atoms with van der Waals surface area (Å²) in [6.07, 6.45) is 10.2. The molecule has 0 heterocycles. The van der Waals surface area contributed by atoms with Crippen LogP contribution >= 0.6 is 0 Å². The Morgan fingerprint density at radius 2 is 1.50 bits per heavy atom. The zero-order valence-corrected chi connectivity index (χ0v) is 15.0. The summed E-state index contributed by atoms with van der Waals surface area (Å²) >= 11 is 0. The average Bonchev–Trinajstić information content (AvgIpc) is 2.64. The van der Waals surface area contributed by atoms with Gasteiger partial charge < -0.3 is 14.6 Å². The van der Waals surface area contributed by atoms with Gasteiger partial charge in [0, 0.05) is 12.1 Å². The number of nitro benzene ring substituents is 1. The number of ether oxygens (including phenoxy) is 2. The van der Waals surface area contributed by atoms with Crippen LogP contribution in [0, 0.1) is 10.1 Å². The first-order chi connectivity index (χ1) is 12.5. The Bertz CT molecular complexity index is 562. The molecule has 7 nitrogen and oxygen atoms in total. The number of hydrogen-bond acceptors (Lipinski definition) is 6. The average molecular weight is 365 g/mol. The monoisotopic (exact) mass is 365 g/mol. The minimum atomic E-state index is -0.749. The van der Waals surface area contributed by atoms with Gasteiger partial charge in [-0.25, -0.2) is 4.79 Å². The molecule has 1 aromatic rings. The number of aliphatic hydroxyl groups excluding tert-OH is 1. The minimum absolute atomic E-state index is 0.0359. The van der Waals surface area contributed by atoms with Gasteiger partial charge in [-0.05, 0) is 50.7 Å². The van der Waals surface area contributed by atoms with Crippen molar-refractivity contribution in [3.63, 3.8) is 0 Å². The SMILES string of the molecule is O=C(Oc1ccc([N+](=O)[O-])cc1)OC1CCCCC1.OC1CCCCC1. The van der Waals surface area contributed by atoms with E-state index in [-0.39, 0.29) is 23.6 Å². The van der Waals surface area contributed by atoms with Gasteiger partial charge in [0.25, 0.3) is 5.69 Å². The van der Waals surface area contributed by atoms with E-state index in [9.17, 15) is 14.9 Å². The molecule has 0 amide bonds. The molecule has 0 aromatic heterocycles. The van der Waals surface area contributed by atoms with Crippen molar-refractivity contribution in [1.29, 1.82) is 0 Å². The summed E-state index contributed by atoms with van der Waals surface area (Å²) < 4.78 is 10.1. The molecule has 0 atom stereocenters. The Balaban J connectivity index is 0.000000290. The van der Waals surface area contributed by atoms with Gasteiger partial charge in [-0.3, -0.25) is 10.1 Å². The normalized spacial score (nSPS) is 18.3. The second-order valence-corrected chi connectivity index (χ2v) is 6.77. The second kappa shape index (κ2) is 10.8. The van der Waals surface area contributed by atoms with Crippen molar-refractivity contribution >= 4 is 11.8 Å². The van der Waals surface area contributed by atoms with Gasteiger partial charge in [-0.1, -0.05) is 25.7 Å². The molecule has 2 fully saturated rings. The number of nitro groups is 1. The van der Waals surface area contributed by atoms with E-state index in [4.69, 9.17) is 14.6 Å². The van der Waals surface area contributed by atoms with E-state index < -0.39 is 11.1 Å². The first kappa shape index (κ1) is 20.2. The summed E-state index contributed by atoms with van der Waals surface area (Å²) in [6.45, 7) is 0. The van der Waals surface area contributed by atoms with Crippen molar-refractivity contribution in [2.75, 3.05) is 0 Å². The highest BCUT2D eigenvalue weighted by Crippen LogP contribution is 2.22. The maximum absolute atomic E-state index is 11.5. The molecule has 0 bridgehead atoms. The Morgan fingerprint density at radius 1 is 0.962 bits per heavy atom. The molecule has 1 N–H and O–H groups in total. The van der Waals surface area contributed by atoms with Crippen LogP contribution < -0.4 is 4.74 Å². The van der Waals surface area contributed by atoms with Gasteiger partial charge >= 0.3 is 6.16 Å². The highest BCUT2D eigenvalue weighted by molar-refractivity contribution is 5.64. The summed E-state index contributed by atoms with van der Waals surface area (Å²) in [5.74, 6) is 0.242. The molecule has 7 heteroatoms. The number of hydrogen-bond donors (Lipinski definition) is 1. The summed E-state index contributed by atoms with van der Waals surface area (Å²) in [4.78, 5) is 21.5. The van der Waals surface area contributed by atoms with E-state index in [0.29, 0.717) is 0 Å². The maximum Gasteiger partial charge on any atom is 0.514 e. The molecule has 0 spiro atoms. The summed E-state index contributed by atoms with van der Waals surface area (Å²) in [7, 11) is 0. The minimum Gasteiger partial charge on any atom is -0.431 e. The number of nitrogens with zero attached hydrogens (tertiary/aromatic N) is 1. The van der Waals surface area contributed by atoms with E-state index in [1.165, 1.54) is 49.9 Å². The fourth-order valence-corrected chi connectivity index (χ4v) is 3.16. The molecule has 3 rings (SSSR count). The third kappa shape index (κ3) is 7.39. The van der Waals surface area contributed by atoms with Crippen LogP contribution in [0.1, 0.15) is 64.2 Å². The summed E-state index contributed by atoms with van der Waals surface area (Å²) in [6, 6.07) is 5.31. The van der Waals surface area contributed by atoms with Crippen molar-refractivity contribution in [2.24, 2.45) is 0 Å². The van der Waals surface area contributed by atoms with E-state index in [1.807, 2.05) is 0 Å². The van der Waals surface area contributed by atoms with Crippen molar-refractivity contribution in [1.82, 2.24) is 0 Å². The fourth-order valence-electron chi connectivity index (χ4n) is 3.16. The standard InChI is InChI=1S/C13H15NO5.C6H12O/c15-13(18-11-4-2-1-3-5-11)19-12-8-6-10(7-9-12)14(16)17;7-6-4-2-1-3-5-6/h6-9,11H,1-5H2;6-7H,1-5H2. The van der Waals surface area contributed by atoms with Gasteiger partial charge in [0.1, 0.15) is 11.9 Å². The second-order valence-electron chi connectivity index (χ2n) is 6.77. The lowest BCUT2D eigenvalue weighted by molar-refractivity contribution is -0.384. The zero-order valence-electron chi connectivity index (χ0n) is 15.0. The Kier molecular flexibility index (Phi) is 8.34. The van der Waals surface area contributed by atoms with Crippen LogP contribution in [0.4, 0.5) is 10.5 Å². The molecule has 2 saturated carbocycles. The number of carbonyl (C=O) groups excluding carboxylic acids is 1. The molecule has 2 aliphatic carbocycles. The van der Waals surface area contributed by atoms with Crippen molar-refractivity contribution in [2.45, 2.75) is 76.4 Å². The first-order valence-corrected chi connectivity index (χ1v) is 9.35. The van der Waals surface area contributed by atoms with Crippen molar-refractivity contribution in [3.8, 4) is 5.75 Å². The van der Waals surface area contributed by atoms with Crippen LogP contribution in [-0.2, 0) is 4.74 Å². The van der Waals surface area contributed by atoms with Crippen molar-refractivity contribution < 1.29 is 24.3 Å². The number of benzene rings is 1. The summed E-state index contributed by atoms with van der Waals surface area (Å²) in [5, 5.41) is 19.4. The number of carbonyl (C=O) groups is 1. The lowest BCUT2D eigenvalue weighted by Gasteiger charge is -2.21. The van der Waals surface area contributed by atoms with Crippen LogP contribution in [0.15, 0.2) is 24.3 Å². The third-order valence-electron chi connectivity index (χ3n) is 4.64. The van der Waals surface area contributed by atoms with Gasteiger partial charge in [0.2, 0.25) is 0 Å². The number of aliphatic hydroxyl groups is 1. The quantitative estimate of drug-likeness (QED) is 0.359. The largest absolute Gasteiger partial charge is 0.514 e. The first-order valence-electron chi connectivity index (χ1n) is 9.35. The van der Waals surface area contributed by atoms with Crippen LogP contribution in [0.5, 0.6) is 5.75 Å². The van der Waals surface area contributed by atoms with E-state index in [0.717, 1.165) is 38.5 Å². The molecule has 0 aliphatic heterocycles. The lowest BCUT2D eigenvalue weighted by atomic mass is 9.98. The third-order valence-corrected chi connectivity index (χ3v) is 4.64. The molecule has 0 saturated heterocycles. The molecule has 2 aliphatic rings. The lowest BCUT2D eigenvalue weighted by Crippen LogP contribution is -2.23. The van der Waals surface area contributed by atoms with Gasteiger partial charge in [0.05, 0.1) is 11.0 Å². The highest BCUT2D eigenvalue weighted by atomic mass is 16.7. The zero-order chi connectivity index (χ0) is 18.8. The molecular weight excluding hydrogens is 338 g/mol. The molecular formula is C19H27NO6. The van der Waals surface area contributed by atoms with Crippen LogP contribution in [0.3, 0.4) is 0 Å². The molecule has 26 heavy (non-hydrogen) atoms. The highest BCUT2D eigenvalue weighted by Gasteiger charge is 2.19. The maximum atomic E-state index is 11.5. The van der Waals surface area contributed by atoms with Crippen LogP contribution in [0.2, 0.25) is 0 Å². The van der Waals surface area contributed by atoms with Crippen molar-refractivity contribution in [3.05, 3.63) is 34.4 Å². The fraction of sp³-hybridized carbons (Fsp3) is 0.632. The number of non-ortho nitro benzene ring substituents is 1. The van der Waals surface area contributed by atoms with E-state index >= 15 is 0 Å². The molecule has 0 radical (unpaired) electrons. The molecule has 144 valence electrons. The van der Waals surface area contributed by atoms with E-state index in [1.54, 1.807) is 0 Å². The van der Waals surface area contributed by atoms with Gasteiger partial charge in [-0.15, -0.1) is 0 Å². The Morgan fingerprint density at radius 3 is 1.96 bits per heavy atom.